The SMILES string of the molecule is CC(=O)Nc1cc(C)nn1-c1ccc(C)cn1. The third kappa shape index (κ3) is 2.50. The summed E-state index contributed by atoms with van der Waals surface area (Å²) >= 11 is 0. The van der Waals surface area contributed by atoms with Gasteiger partial charge in [0.05, 0.1) is 5.69 Å². The van der Waals surface area contributed by atoms with Crippen molar-refractivity contribution in [3.05, 3.63) is 35.7 Å². The molecule has 0 radical (unpaired) electrons. The lowest BCUT2D eigenvalue weighted by Crippen LogP contribution is -2.11. The van der Waals surface area contributed by atoms with Gasteiger partial charge in [0.15, 0.2) is 5.82 Å². The number of nitrogens with zero attached hydrogens (tertiary/aromatic N) is 3. The summed E-state index contributed by atoms with van der Waals surface area (Å²) in [5.74, 6) is 1.19. The summed E-state index contributed by atoms with van der Waals surface area (Å²) in [6.07, 6.45) is 1.77. The summed E-state index contributed by atoms with van der Waals surface area (Å²) < 4.78 is 1.62. The zero-order valence-electron chi connectivity index (χ0n) is 10.1. The standard InChI is InChI=1S/C12H14N4O/c1-8-4-5-11(13-7-8)16-12(14-10(3)17)6-9(2)15-16/h4-7H,1-3H3,(H,14,17). The van der Waals surface area contributed by atoms with Gasteiger partial charge in [-0.2, -0.15) is 9.78 Å². The maximum absolute atomic E-state index is 11.1. The molecule has 0 aliphatic carbocycles. The molecular weight excluding hydrogens is 216 g/mol. The number of hydrogen-bond acceptors (Lipinski definition) is 3. The molecule has 2 aromatic heterocycles. The fraction of sp³-hybridized carbons (Fsp3) is 0.250. The van der Waals surface area contributed by atoms with E-state index < -0.39 is 0 Å². The van der Waals surface area contributed by atoms with Crippen LogP contribution in [0.15, 0.2) is 24.4 Å². The first-order chi connectivity index (χ1) is 8.06. The van der Waals surface area contributed by atoms with Gasteiger partial charge in [-0.15, -0.1) is 0 Å². The normalized spacial score (nSPS) is 10.3. The lowest BCUT2D eigenvalue weighted by Gasteiger charge is -2.06. The van der Waals surface area contributed by atoms with Crippen LogP contribution in [-0.4, -0.2) is 20.7 Å². The van der Waals surface area contributed by atoms with Crippen LogP contribution in [0.2, 0.25) is 0 Å². The lowest BCUT2D eigenvalue weighted by atomic mass is 10.3. The van der Waals surface area contributed by atoms with E-state index in [-0.39, 0.29) is 5.91 Å². The highest BCUT2D eigenvalue weighted by Gasteiger charge is 2.09. The molecule has 2 heterocycles. The Morgan fingerprint density at radius 1 is 1.35 bits per heavy atom. The number of anilines is 1. The molecule has 0 unspecified atom stereocenters. The average molecular weight is 230 g/mol. The Kier molecular flexibility index (Phi) is 2.91. The highest BCUT2D eigenvalue weighted by molar-refractivity contribution is 5.88. The van der Waals surface area contributed by atoms with Gasteiger partial charge in [0, 0.05) is 19.2 Å². The minimum Gasteiger partial charge on any atom is -0.311 e. The average Bonchev–Trinajstić information content (AvgIpc) is 2.59. The molecule has 0 bridgehead atoms. The predicted molar refractivity (Wildman–Crippen MR) is 65.1 cm³/mol. The fourth-order valence-corrected chi connectivity index (χ4v) is 1.53. The molecule has 0 aliphatic heterocycles. The molecule has 0 fully saturated rings. The van der Waals surface area contributed by atoms with Crippen LogP contribution in [0.4, 0.5) is 5.82 Å². The summed E-state index contributed by atoms with van der Waals surface area (Å²) in [7, 11) is 0. The second kappa shape index (κ2) is 4.37. The Morgan fingerprint density at radius 2 is 2.12 bits per heavy atom. The monoisotopic (exact) mass is 230 g/mol. The topological polar surface area (TPSA) is 59.8 Å². The van der Waals surface area contributed by atoms with E-state index >= 15 is 0 Å². The highest BCUT2D eigenvalue weighted by atomic mass is 16.1. The summed E-state index contributed by atoms with van der Waals surface area (Å²) in [6, 6.07) is 5.63. The fourth-order valence-electron chi connectivity index (χ4n) is 1.53. The first-order valence-corrected chi connectivity index (χ1v) is 5.33. The van der Waals surface area contributed by atoms with Crippen LogP contribution in [0.1, 0.15) is 18.2 Å². The van der Waals surface area contributed by atoms with Crippen molar-refractivity contribution in [1.29, 1.82) is 0 Å². The molecule has 2 rings (SSSR count). The molecule has 1 amide bonds. The van der Waals surface area contributed by atoms with Crippen LogP contribution in [-0.2, 0) is 4.79 Å². The van der Waals surface area contributed by atoms with E-state index in [1.807, 2.05) is 32.0 Å². The molecule has 5 heteroatoms. The highest BCUT2D eigenvalue weighted by Crippen LogP contribution is 2.15. The number of aromatic nitrogens is 3. The molecule has 0 saturated heterocycles. The second-order valence-electron chi connectivity index (χ2n) is 3.96. The summed E-state index contributed by atoms with van der Waals surface area (Å²) in [5, 5.41) is 7.03. The number of amides is 1. The van der Waals surface area contributed by atoms with Gasteiger partial charge in [-0.05, 0) is 25.5 Å². The molecule has 0 aliphatic rings. The summed E-state index contributed by atoms with van der Waals surface area (Å²) in [4.78, 5) is 15.4. The Balaban J connectivity index is 2.43. The molecule has 17 heavy (non-hydrogen) atoms. The van der Waals surface area contributed by atoms with Gasteiger partial charge in [0.25, 0.3) is 0 Å². The zero-order valence-corrected chi connectivity index (χ0v) is 10.1. The van der Waals surface area contributed by atoms with E-state index in [1.54, 1.807) is 10.9 Å². The van der Waals surface area contributed by atoms with E-state index in [1.165, 1.54) is 6.92 Å². The van der Waals surface area contributed by atoms with Gasteiger partial charge >= 0.3 is 0 Å². The number of hydrogen-bond donors (Lipinski definition) is 1. The number of nitrogens with one attached hydrogen (secondary N) is 1. The van der Waals surface area contributed by atoms with Crippen molar-refractivity contribution < 1.29 is 4.79 Å². The van der Waals surface area contributed by atoms with Crippen molar-refractivity contribution in [3.8, 4) is 5.82 Å². The van der Waals surface area contributed by atoms with Gasteiger partial charge in [-0.1, -0.05) is 6.07 Å². The van der Waals surface area contributed by atoms with Crippen LogP contribution in [0.25, 0.3) is 5.82 Å². The minimum absolute atomic E-state index is 0.127. The molecule has 1 N–H and O–H groups in total. The quantitative estimate of drug-likeness (QED) is 0.856. The number of pyridine rings is 1. The summed E-state index contributed by atoms with van der Waals surface area (Å²) in [5.41, 5.74) is 1.91. The van der Waals surface area contributed by atoms with E-state index in [9.17, 15) is 4.79 Å². The minimum atomic E-state index is -0.127. The van der Waals surface area contributed by atoms with E-state index in [2.05, 4.69) is 15.4 Å². The van der Waals surface area contributed by atoms with Crippen molar-refractivity contribution in [1.82, 2.24) is 14.8 Å². The number of aryl methyl sites for hydroxylation is 2. The number of carbonyl (C=O) groups is 1. The third-order valence-electron chi connectivity index (χ3n) is 2.25. The van der Waals surface area contributed by atoms with Crippen LogP contribution >= 0.6 is 0 Å². The Bertz CT molecular complexity index is 542. The first-order valence-electron chi connectivity index (χ1n) is 5.33. The van der Waals surface area contributed by atoms with E-state index in [4.69, 9.17) is 0 Å². The molecule has 0 spiro atoms. The maximum Gasteiger partial charge on any atom is 0.222 e. The van der Waals surface area contributed by atoms with Gasteiger partial charge < -0.3 is 5.32 Å². The predicted octanol–water partition coefficient (Wildman–Crippen LogP) is 1.84. The number of carbonyl (C=O) groups excluding carboxylic acids is 1. The van der Waals surface area contributed by atoms with Gasteiger partial charge in [-0.25, -0.2) is 4.98 Å². The molecular formula is C12H14N4O. The zero-order chi connectivity index (χ0) is 12.4. The van der Waals surface area contributed by atoms with Crippen molar-refractivity contribution in [3.63, 3.8) is 0 Å². The van der Waals surface area contributed by atoms with Gasteiger partial charge in [0.1, 0.15) is 5.82 Å². The maximum atomic E-state index is 11.1. The van der Waals surface area contributed by atoms with Gasteiger partial charge in [-0.3, -0.25) is 4.79 Å². The van der Waals surface area contributed by atoms with Crippen LogP contribution in [0.3, 0.4) is 0 Å². The molecule has 5 nitrogen and oxygen atoms in total. The van der Waals surface area contributed by atoms with E-state index in [0.717, 1.165) is 11.3 Å². The molecule has 0 aromatic carbocycles. The third-order valence-corrected chi connectivity index (χ3v) is 2.25. The molecule has 2 aromatic rings. The van der Waals surface area contributed by atoms with Crippen molar-refractivity contribution >= 4 is 11.7 Å². The largest absolute Gasteiger partial charge is 0.311 e. The van der Waals surface area contributed by atoms with Crippen molar-refractivity contribution in [2.45, 2.75) is 20.8 Å². The Morgan fingerprint density at radius 3 is 2.71 bits per heavy atom. The van der Waals surface area contributed by atoms with Crippen LogP contribution in [0, 0.1) is 13.8 Å². The Labute approximate surface area is 99.5 Å². The van der Waals surface area contributed by atoms with Crippen molar-refractivity contribution in [2.75, 3.05) is 5.32 Å². The molecule has 0 atom stereocenters. The van der Waals surface area contributed by atoms with Crippen molar-refractivity contribution in [2.24, 2.45) is 0 Å². The molecule has 88 valence electrons. The Hall–Kier alpha value is -2.17. The van der Waals surface area contributed by atoms with E-state index in [0.29, 0.717) is 11.6 Å². The smallest absolute Gasteiger partial charge is 0.222 e. The number of rotatable bonds is 2. The second-order valence-corrected chi connectivity index (χ2v) is 3.96. The summed E-state index contributed by atoms with van der Waals surface area (Å²) in [6.45, 7) is 5.31. The van der Waals surface area contributed by atoms with Gasteiger partial charge in [0.2, 0.25) is 5.91 Å². The first kappa shape index (κ1) is 11.3. The lowest BCUT2D eigenvalue weighted by molar-refractivity contribution is -0.114. The molecule has 0 saturated carbocycles. The van der Waals surface area contributed by atoms with Crippen LogP contribution < -0.4 is 5.32 Å². The van der Waals surface area contributed by atoms with Crippen LogP contribution in [0.5, 0.6) is 0 Å².